The predicted octanol–water partition coefficient (Wildman–Crippen LogP) is 4.43. The Balaban J connectivity index is 1.32. The van der Waals surface area contributed by atoms with Gasteiger partial charge in [0.1, 0.15) is 17.1 Å². The van der Waals surface area contributed by atoms with Crippen LogP contribution in [0.2, 0.25) is 0 Å². The van der Waals surface area contributed by atoms with E-state index in [1.807, 2.05) is 57.2 Å². The standard InChI is InChI=1S/C29H37N5O3/c1-20-22-8-7-21(19-25(22)34(31-20)14-6-13-33-17-15-32(4)16-18-33)30-28(35)24-9-10-26-23(27(24)36-5)11-12-29(2,3)37-26/h7-12,19H,6,13-18H2,1-5H3,(H,30,35). The average molecular weight is 504 g/mol. The molecule has 0 aliphatic carbocycles. The van der Waals surface area contributed by atoms with E-state index in [0.29, 0.717) is 17.1 Å². The van der Waals surface area contributed by atoms with Crippen LogP contribution >= 0.6 is 0 Å². The molecule has 0 unspecified atom stereocenters. The number of nitrogens with one attached hydrogen (secondary N) is 1. The number of piperazine rings is 1. The van der Waals surface area contributed by atoms with Gasteiger partial charge in [0.15, 0.2) is 0 Å². The van der Waals surface area contributed by atoms with E-state index in [1.165, 1.54) is 0 Å². The number of likely N-dealkylation sites (N-methyl/N-ethyl adjacent to an activating group) is 1. The van der Waals surface area contributed by atoms with Crippen molar-refractivity contribution in [1.82, 2.24) is 19.6 Å². The molecule has 0 atom stereocenters. The van der Waals surface area contributed by atoms with Crippen molar-refractivity contribution in [2.24, 2.45) is 0 Å². The second kappa shape index (κ2) is 10.2. The molecule has 3 aromatic rings. The van der Waals surface area contributed by atoms with Crippen molar-refractivity contribution in [1.29, 1.82) is 0 Å². The first-order chi connectivity index (χ1) is 17.7. The Bertz CT molecular complexity index is 1340. The van der Waals surface area contributed by atoms with Gasteiger partial charge < -0.3 is 24.6 Å². The van der Waals surface area contributed by atoms with E-state index in [-0.39, 0.29) is 5.91 Å². The summed E-state index contributed by atoms with van der Waals surface area (Å²) in [5.74, 6) is 0.987. The van der Waals surface area contributed by atoms with E-state index in [9.17, 15) is 4.79 Å². The van der Waals surface area contributed by atoms with Gasteiger partial charge in [-0.3, -0.25) is 9.48 Å². The van der Waals surface area contributed by atoms with Crippen LogP contribution in [0.5, 0.6) is 11.5 Å². The molecule has 1 saturated heterocycles. The Kier molecular flexibility index (Phi) is 6.96. The van der Waals surface area contributed by atoms with Gasteiger partial charge in [0.25, 0.3) is 5.91 Å². The normalized spacial score (nSPS) is 17.4. The van der Waals surface area contributed by atoms with Gasteiger partial charge in [0.05, 0.1) is 29.4 Å². The Morgan fingerprint density at radius 3 is 2.68 bits per heavy atom. The number of ether oxygens (including phenoxy) is 2. The number of nitrogens with zero attached hydrogens (tertiary/aromatic N) is 4. The minimum Gasteiger partial charge on any atom is -0.495 e. The van der Waals surface area contributed by atoms with Crippen LogP contribution in [0, 0.1) is 6.92 Å². The summed E-state index contributed by atoms with van der Waals surface area (Å²) in [5.41, 5.74) is 3.60. The summed E-state index contributed by atoms with van der Waals surface area (Å²) in [6.45, 7) is 12.4. The number of hydrogen-bond acceptors (Lipinski definition) is 6. The maximum absolute atomic E-state index is 13.3. The van der Waals surface area contributed by atoms with Gasteiger partial charge in [0, 0.05) is 43.8 Å². The molecule has 0 radical (unpaired) electrons. The second-order valence-corrected chi connectivity index (χ2v) is 10.6. The summed E-state index contributed by atoms with van der Waals surface area (Å²) in [6, 6.07) is 9.57. The highest BCUT2D eigenvalue weighted by atomic mass is 16.5. The number of amides is 1. The maximum Gasteiger partial charge on any atom is 0.259 e. The van der Waals surface area contributed by atoms with Gasteiger partial charge in [-0.2, -0.15) is 5.10 Å². The van der Waals surface area contributed by atoms with E-state index in [4.69, 9.17) is 14.6 Å². The number of methoxy groups -OCH3 is 1. The third-order valence-electron chi connectivity index (χ3n) is 7.26. The third-order valence-corrected chi connectivity index (χ3v) is 7.26. The Labute approximate surface area is 218 Å². The van der Waals surface area contributed by atoms with Gasteiger partial charge >= 0.3 is 0 Å². The molecule has 0 spiro atoms. The molecule has 5 rings (SSSR count). The fraction of sp³-hybridized carbons (Fsp3) is 0.448. The number of aromatic nitrogens is 2. The molecule has 2 aromatic carbocycles. The van der Waals surface area contributed by atoms with E-state index < -0.39 is 5.60 Å². The van der Waals surface area contributed by atoms with E-state index >= 15 is 0 Å². The van der Waals surface area contributed by atoms with Crippen molar-refractivity contribution in [3.05, 3.63) is 53.2 Å². The summed E-state index contributed by atoms with van der Waals surface area (Å²) in [6.07, 6.45) is 4.97. The smallest absolute Gasteiger partial charge is 0.259 e. The summed E-state index contributed by atoms with van der Waals surface area (Å²) in [5, 5.41) is 8.95. The molecular formula is C29H37N5O3. The highest BCUT2D eigenvalue weighted by Gasteiger charge is 2.26. The fourth-order valence-electron chi connectivity index (χ4n) is 5.13. The third kappa shape index (κ3) is 5.36. The molecule has 1 N–H and O–H groups in total. The summed E-state index contributed by atoms with van der Waals surface area (Å²) in [4.78, 5) is 18.2. The topological polar surface area (TPSA) is 71.9 Å². The predicted molar refractivity (Wildman–Crippen MR) is 148 cm³/mol. The molecule has 0 bridgehead atoms. The van der Waals surface area contributed by atoms with Crippen LogP contribution in [-0.2, 0) is 6.54 Å². The number of aryl methyl sites for hydroxylation is 2. The molecule has 196 valence electrons. The van der Waals surface area contributed by atoms with Crippen LogP contribution < -0.4 is 14.8 Å². The Morgan fingerprint density at radius 2 is 1.92 bits per heavy atom. The molecule has 3 heterocycles. The number of hydrogen-bond donors (Lipinski definition) is 1. The van der Waals surface area contributed by atoms with Crippen LogP contribution in [0.25, 0.3) is 17.0 Å². The number of carbonyl (C=O) groups is 1. The zero-order valence-electron chi connectivity index (χ0n) is 22.5. The number of carbonyl (C=O) groups excluding carboxylic acids is 1. The van der Waals surface area contributed by atoms with Gasteiger partial charge in [-0.05, 0) is 83.3 Å². The molecule has 8 nitrogen and oxygen atoms in total. The lowest BCUT2D eigenvalue weighted by Gasteiger charge is -2.32. The van der Waals surface area contributed by atoms with E-state index in [1.54, 1.807) is 13.2 Å². The molecule has 1 aromatic heterocycles. The summed E-state index contributed by atoms with van der Waals surface area (Å²) >= 11 is 0. The molecule has 1 amide bonds. The first-order valence-electron chi connectivity index (χ1n) is 13.0. The quantitative estimate of drug-likeness (QED) is 0.515. The highest BCUT2D eigenvalue weighted by molar-refractivity contribution is 6.08. The van der Waals surface area contributed by atoms with Gasteiger partial charge in [-0.25, -0.2) is 0 Å². The molecule has 2 aliphatic rings. The second-order valence-electron chi connectivity index (χ2n) is 10.6. The number of anilines is 1. The largest absolute Gasteiger partial charge is 0.495 e. The van der Waals surface area contributed by atoms with E-state index in [2.05, 4.69) is 26.8 Å². The van der Waals surface area contributed by atoms with Crippen molar-refractivity contribution >= 4 is 28.6 Å². The lowest BCUT2D eigenvalue weighted by atomic mass is 9.99. The van der Waals surface area contributed by atoms with Crippen molar-refractivity contribution in [2.75, 3.05) is 52.2 Å². The molecular weight excluding hydrogens is 466 g/mol. The minimum atomic E-state index is -0.400. The number of benzene rings is 2. The first-order valence-corrected chi connectivity index (χ1v) is 13.0. The Hall–Kier alpha value is -3.36. The van der Waals surface area contributed by atoms with Crippen LogP contribution in [-0.4, -0.2) is 78.0 Å². The lowest BCUT2D eigenvalue weighted by Crippen LogP contribution is -2.44. The van der Waals surface area contributed by atoms with Crippen molar-refractivity contribution in [3.63, 3.8) is 0 Å². The van der Waals surface area contributed by atoms with Crippen LogP contribution in [0.1, 0.15) is 41.9 Å². The number of rotatable bonds is 7. The number of fused-ring (bicyclic) bond motifs is 2. The van der Waals surface area contributed by atoms with Crippen molar-refractivity contribution in [3.8, 4) is 11.5 Å². The summed E-state index contributed by atoms with van der Waals surface area (Å²) in [7, 11) is 3.76. The van der Waals surface area contributed by atoms with Gasteiger partial charge in [-0.1, -0.05) is 0 Å². The van der Waals surface area contributed by atoms with Gasteiger partial charge in [-0.15, -0.1) is 0 Å². The fourth-order valence-corrected chi connectivity index (χ4v) is 5.13. The van der Waals surface area contributed by atoms with E-state index in [0.717, 1.165) is 73.5 Å². The van der Waals surface area contributed by atoms with Crippen LogP contribution in [0.4, 0.5) is 5.69 Å². The first kappa shape index (κ1) is 25.3. The zero-order valence-corrected chi connectivity index (χ0v) is 22.5. The summed E-state index contributed by atoms with van der Waals surface area (Å²) < 4.78 is 13.8. The Morgan fingerprint density at radius 1 is 1.14 bits per heavy atom. The zero-order chi connectivity index (χ0) is 26.2. The van der Waals surface area contributed by atoms with Crippen LogP contribution in [0.3, 0.4) is 0 Å². The highest BCUT2D eigenvalue weighted by Crippen LogP contribution is 2.39. The molecule has 1 fully saturated rings. The van der Waals surface area contributed by atoms with Gasteiger partial charge in [0.2, 0.25) is 0 Å². The van der Waals surface area contributed by atoms with Crippen molar-refractivity contribution in [2.45, 2.75) is 39.3 Å². The molecule has 0 saturated carbocycles. The molecule has 2 aliphatic heterocycles. The SMILES string of the molecule is COc1c(C(=O)Nc2ccc3c(C)nn(CCCN4CCN(C)CC4)c3c2)ccc2c1C=CC(C)(C)O2. The van der Waals surface area contributed by atoms with Crippen LogP contribution in [0.15, 0.2) is 36.4 Å². The minimum absolute atomic E-state index is 0.227. The van der Waals surface area contributed by atoms with Crippen molar-refractivity contribution < 1.29 is 14.3 Å². The monoisotopic (exact) mass is 503 g/mol. The maximum atomic E-state index is 13.3. The molecule has 8 heteroatoms. The molecule has 37 heavy (non-hydrogen) atoms. The lowest BCUT2D eigenvalue weighted by molar-refractivity contribution is 0.102. The average Bonchev–Trinajstić information content (AvgIpc) is 3.18.